The fraction of sp³-hybridized carbons (Fsp3) is 0.316. The van der Waals surface area contributed by atoms with E-state index in [1.54, 1.807) is 30.3 Å². The molecule has 26 heavy (non-hydrogen) atoms. The maximum atomic E-state index is 12.5. The molecule has 1 heterocycles. The van der Waals surface area contributed by atoms with Crippen molar-refractivity contribution in [1.82, 2.24) is 5.32 Å². The molecule has 7 heteroatoms. The Bertz CT molecular complexity index is 828. The highest BCUT2D eigenvalue weighted by Gasteiger charge is 2.30. The molecule has 0 spiro atoms. The van der Waals surface area contributed by atoms with Gasteiger partial charge in [0.15, 0.2) is 5.76 Å². The lowest BCUT2D eigenvalue weighted by Crippen LogP contribution is -2.33. The number of amides is 2. The summed E-state index contributed by atoms with van der Waals surface area (Å²) in [5.41, 5.74) is 1.74. The normalized spacial score (nSPS) is 19.1. The summed E-state index contributed by atoms with van der Waals surface area (Å²) in [4.78, 5) is 35.6. The van der Waals surface area contributed by atoms with E-state index in [0.717, 1.165) is 5.56 Å². The van der Waals surface area contributed by atoms with Gasteiger partial charge in [0.05, 0.1) is 12.2 Å². The number of carbonyl (C=O) groups excluding carboxylic acids is 2. The van der Waals surface area contributed by atoms with E-state index in [1.807, 2.05) is 6.92 Å². The van der Waals surface area contributed by atoms with Crippen molar-refractivity contribution < 1.29 is 23.9 Å². The molecule has 136 valence electrons. The average molecular weight is 356 g/mol. The lowest BCUT2D eigenvalue weighted by atomic mass is 10.1. The zero-order valence-electron chi connectivity index (χ0n) is 14.3. The summed E-state index contributed by atoms with van der Waals surface area (Å²) in [6.07, 6.45) is 3.07. The summed E-state index contributed by atoms with van der Waals surface area (Å²) in [6, 6.07) is 8.07. The van der Waals surface area contributed by atoms with Crippen LogP contribution in [0.3, 0.4) is 0 Å². The van der Waals surface area contributed by atoms with E-state index in [1.165, 1.54) is 6.26 Å². The van der Waals surface area contributed by atoms with Gasteiger partial charge >= 0.3 is 5.97 Å². The Balaban J connectivity index is 1.68. The van der Waals surface area contributed by atoms with Crippen molar-refractivity contribution in [1.29, 1.82) is 0 Å². The monoisotopic (exact) mass is 356 g/mol. The van der Waals surface area contributed by atoms with Gasteiger partial charge in [0.25, 0.3) is 11.8 Å². The third-order valence-corrected chi connectivity index (χ3v) is 4.61. The third kappa shape index (κ3) is 3.93. The quantitative estimate of drug-likeness (QED) is 0.763. The predicted octanol–water partition coefficient (Wildman–Crippen LogP) is 2.82. The van der Waals surface area contributed by atoms with Crippen molar-refractivity contribution in [3.05, 3.63) is 53.5 Å². The second-order valence-corrected chi connectivity index (χ2v) is 6.48. The Morgan fingerprint density at radius 2 is 1.96 bits per heavy atom. The Labute approximate surface area is 150 Å². The Hall–Kier alpha value is -3.09. The van der Waals surface area contributed by atoms with E-state index in [9.17, 15) is 14.4 Å². The van der Waals surface area contributed by atoms with Crippen LogP contribution in [0.15, 0.2) is 41.0 Å². The van der Waals surface area contributed by atoms with Crippen LogP contribution in [0.1, 0.15) is 45.7 Å². The van der Waals surface area contributed by atoms with Crippen LogP contribution in [-0.2, 0) is 4.79 Å². The molecule has 0 saturated heterocycles. The lowest BCUT2D eigenvalue weighted by Gasteiger charge is -2.14. The van der Waals surface area contributed by atoms with Crippen LogP contribution < -0.4 is 10.6 Å². The molecule has 2 atom stereocenters. The minimum Gasteiger partial charge on any atom is -0.481 e. The highest BCUT2D eigenvalue weighted by atomic mass is 16.4. The molecule has 0 aliphatic heterocycles. The Morgan fingerprint density at radius 1 is 1.15 bits per heavy atom. The van der Waals surface area contributed by atoms with Crippen molar-refractivity contribution in [2.24, 2.45) is 5.92 Å². The second kappa shape index (κ2) is 7.43. The van der Waals surface area contributed by atoms with Crippen molar-refractivity contribution in [3.63, 3.8) is 0 Å². The first-order valence-corrected chi connectivity index (χ1v) is 8.43. The zero-order chi connectivity index (χ0) is 18.7. The van der Waals surface area contributed by atoms with Crippen LogP contribution in [-0.4, -0.2) is 28.9 Å². The summed E-state index contributed by atoms with van der Waals surface area (Å²) in [7, 11) is 0. The van der Waals surface area contributed by atoms with Crippen molar-refractivity contribution >= 4 is 23.5 Å². The first-order chi connectivity index (χ1) is 12.4. The SMILES string of the molecule is Cc1ccc(C(=O)N[C@@H]2CC[C@H](C(=O)O)C2)cc1NC(=O)c1ccco1. The topological polar surface area (TPSA) is 109 Å². The summed E-state index contributed by atoms with van der Waals surface area (Å²) in [6.45, 7) is 1.83. The number of furan rings is 1. The number of hydrogen-bond acceptors (Lipinski definition) is 4. The maximum Gasteiger partial charge on any atom is 0.306 e. The molecule has 1 saturated carbocycles. The van der Waals surface area contributed by atoms with E-state index in [4.69, 9.17) is 9.52 Å². The first-order valence-electron chi connectivity index (χ1n) is 8.43. The lowest BCUT2D eigenvalue weighted by molar-refractivity contribution is -0.141. The molecule has 2 amide bonds. The predicted molar refractivity (Wildman–Crippen MR) is 94.1 cm³/mol. The summed E-state index contributed by atoms with van der Waals surface area (Å²) >= 11 is 0. The van der Waals surface area contributed by atoms with E-state index >= 15 is 0 Å². The van der Waals surface area contributed by atoms with Gasteiger partial charge in [-0.1, -0.05) is 6.07 Å². The van der Waals surface area contributed by atoms with Crippen LogP contribution in [0.2, 0.25) is 0 Å². The van der Waals surface area contributed by atoms with Gasteiger partial charge in [-0.15, -0.1) is 0 Å². The van der Waals surface area contributed by atoms with Crippen LogP contribution in [0, 0.1) is 12.8 Å². The minimum atomic E-state index is -0.819. The van der Waals surface area contributed by atoms with E-state index in [0.29, 0.717) is 30.5 Å². The molecule has 0 bridgehead atoms. The molecule has 1 aromatic carbocycles. The van der Waals surface area contributed by atoms with Gasteiger partial charge in [-0.2, -0.15) is 0 Å². The molecular weight excluding hydrogens is 336 g/mol. The molecule has 1 aliphatic carbocycles. The molecular formula is C19H20N2O5. The molecule has 7 nitrogen and oxygen atoms in total. The number of benzene rings is 1. The highest BCUT2D eigenvalue weighted by molar-refractivity contribution is 6.04. The number of nitrogens with one attached hydrogen (secondary N) is 2. The van der Waals surface area contributed by atoms with Gasteiger partial charge in [0.1, 0.15) is 0 Å². The Kier molecular flexibility index (Phi) is 5.06. The highest BCUT2D eigenvalue weighted by Crippen LogP contribution is 2.26. The summed E-state index contributed by atoms with van der Waals surface area (Å²) < 4.78 is 5.06. The van der Waals surface area contributed by atoms with E-state index < -0.39 is 17.8 Å². The van der Waals surface area contributed by atoms with Gasteiger partial charge in [-0.3, -0.25) is 14.4 Å². The number of carboxylic acid groups (broad SMARTS) is 1. The van der Waals surface area contributed by atoms with Crippen molar-refractivity contribution in [2.75, 3.05) is 5.32 Å². The molecule has 1 aromatic heterocycles. The molecule has 1 aliphatic rings. The van der Waals surface area contributed by atoms with E-state index in [2.05, 4.69) is 10.6 Å². The van der Waals surface area contributed by atoms with Gasteiger partial charge in [0.2, 0.25) is 0 Å². The van der Waals surface area contributed by atoms with Crippen LogP contribution in [0.5, 0.6) is 0 Å². The van der Waals surface area contributed by atoms with Crippen LogP contribution >= 0.6 is 0 Å². The molecule has 2 aromatic rings. The van der Waals surface area contributed by atoms with Gasteiger partial charge < -0.3 is 20.2 Å². The number of anilines is 1. The van der Waals surface area contributed by atoms with Crippen LogP contribution in [0.4, 0.5) is 5.69 Å². The van der Waals surface area contributed by atoms with Gasteiger partial charge in [0, 0.05) is 17.3 Å². The number of aliphatic carboxylic acids is 1. The van der Waals surface area contributed by atoms with Gasteiger partial charge in [-0.25, -0.2) is 0 Å². The third-order valence-electron chi connectivity index (χ3n) is 4.61. The maximum absolute atomic E-state index is 12.5. The summed E-state index contributed by atoms with van der Waals surface area (Å²) in [5.74, 6) is -1.71. The second-order valence-electron chi connectivity index (χ2n) is 6.48. The number of rotatable bonds is 5. The molecule has 3 rings (SSSR count). The van der Waals surface area contributed by atoms with Crippen molar-refractivity contribution in [3.8, 4) is 0 Å². The van der Waals surface area contributed by atoms with Gasteiger partial charge in [-0.05, 0) is 56.0 Å². The van der Waals surface area contributed by atoms with E-state index in [-0.39, 0.29) is 17.7 Å². The first kappa shape index (κ1) is 17.7. The number of carboxylic acids is 1. The minimum absolute atomic E-state index is 0.147. The van der Waals surface area contributed by atoms with Crippen molar-refractivity contribution in [2.45, 2.75) is 32.2 Å². The molecule has 3 N–H and O–H groups in total. The summed E-state index contributed by atoms with van der Waals surface area (Å²) in [5, 5.41) is 14.7. The standard InChI is InChI=1S/C19H20N2O5/c1-11-4-5-12(10-15(11)21-18(23)16-3-2-8-26-16)17(22)20-14-7-6-13(9-14)19(24)25/h2-5,8,10,13-14H,6-7,9H2,1H3,(H,20,22)(H,21,23)(H,24,25)/t13-,14+/m0/s1. The number of hydrogen-bond donors (Lipinski definition) is 3. The van der Waals surface area contributed by atoms with Crippen LogP contribution in [0.25, 0.3) is 0 Å². The fourth-order valence-electron chi connectivity index (χ4n) is 3.10. The molecule has 0 radical (unpaired) electrons. The average Bonchev–Trinajstić information content (AvgIpc) is 3.28. The number of aryl methyl sites for hydroxylation is 1. The fourth-order valence-corrected chi connectivity index (χ4v) is 3.10. The molecule has 1 fully saturated rings. The zero-order valence-corrected chi connectivity index (χ0v) is 14.3. The molecule has 0 unspecified atom stereocenters. The largest absolute Gasteiger partial charge is 0.481 e. The Morgan fingerprint density at radius 3 is 2.62 bits per heavy atom. The smallest absolute Gasteiger partial charge is 0.306 e. The number of carbonyl (C=O) groups is 3.